The first-order valence-corrected chi connectivity index (χ1v) is 5.97. The van der Waals surface area contributed by atoms with Gasteiger partial charge in [-0.15, -0.1) is 0 Å². The van der Waals surface area contributed by atoms with Crippen LogP contribution in [-0.4, -0.2) is 46.7 Å². The Hall–Kier alpha value is -2.63. The third-order valence-electron chi connectivity index (χ3n) is 2.97. The number of benzene rings is 1. The van der Waals surface area contributed by atoms with Gasteiger partial charge < -0.3 is 10.0 Å². The van der Waals surface area contributed by atoms with Gasteiger partial charge in [-0.25, -0.2) is 0 Å². The van der Waals surface area contributed by atoms with Crippen molar-refractivity contribution in [3.8, 4) is 5.75 Å². The zero-order valence-corrected chi connectivity index (χ0v) is 11.2. The average Bonchev–Trinajstić information content (AvgIpc) is 2.71. The molecule has 1 aliphatic heterocycles. The molecule has 1 aliphatic rings. The van der Waals surface area contributed by atoms with Crippen molar-refractivity contribution in [2.45, 2.75) is 6.54 Å². The third kappa shape index (κ3) is 2.54. The first-order valence-electron chi connectivity index (χ1n) is 5.97. The summed E-state index contributed by atoms with van der Waals surface area (Å²) in [6, 6.07) is 4.41. The highest BCUT2D eigenvalue weighted by Gasteiger charge is 2.24. The minimum atomic E-state index is -0.414. The summed E-state index contributed by atoms with van der Waals surface area (Å²) in [5, 5.41) is 9.91. The average molecular weight is 274 g/mol. The van der Waals surface area contributed by atoms with Gasteiger partial charge in [0.15, 0.2) is 0 Å². The highest BCUT2D eigenvalue weighted by Crippen LogP contribution is 2.22. The predicted molar refractivity (Wildman–Crippen MR) is 70.8 cm³/mol. The molecule has 1 heterocycles. The molecule has 0 saturated carbocycles. The Morgan fingerprint density at radius 3 is 2.30 bits per heavy atom. The zero-order valence-electron chi connectivity index (χ0n) is 11.2. The van der Waals surface area contributed by atoms with Gasteiger partial charge >= 0.3 is 0 Å². The Balaban J connectivity index is 2.21. The maximum atomic E-state index is 11.7. The monoisotopic (exact) mass is 274 g/mol. The second kappa shape index (κ2) is 5.16. The van der Waals surface area contributed by atoms with Crippen molar-refractivity contribution in [2.75, 3.05) is 14.1 Å². The summed E-state index contributed by atoms with van der Waals surface area (Å²) < 4.78 is 0. The Labute approximate surface area is 115 Å². The van der Waals surface area contributed by atoms with Crippen LogP contribution in [0.4, 0.5) is 0 Å². The van der Waals surface area contributed by atoms with Crippen molar-refractivity contribution in [2.24, 2.45) is 0 Å². The van der Waals surface area contributed by atoms with Crippen LogP contribution in [0.3, 0.4) is 0 Å². The minimum Gasteiger partial charge on any atom is -0.508 e. The molecule has 0 unspecified atom stereocenters. The smallest absolute Gasteiger partial charge is 0.253 e. The number of nitrogens with zero attached hydrogens (tertiary/aromatic N) is 2. The van der Waals surface area contributed by atoms with E-state index in [0.717, 1.165) is 4.90 Å². The predicted octanol–water partition coefficient (Wildman–Crippen LogP) is 0.519. The molecular formula is C14H14N2O4. The molecule has 1 aromatic rings. The molecule has 6 heteroatoms. The van der Waals surface area contributed by atoms with Crippen molar-refractivity contribution < 1.29 is 19.5 Å². The molecule has 0 bridgehead atoms. The molecule has 104 valence electrons. The molecule has 0 spiro atoms. The molecule has 20 heavy (non-hydrogen) atoms. The van der Waals surface area contributed by atoms with E-state index < -0.39 is 11.8 Å². The normalized spacial score (nSPS) is 14.0. The number of rotatable bonds is 3. The number of hydrogen-bond acceptors (Lipinski definition) is 4. The molecule has 0 fully saturated rings. The Bertz CT molecular complexity index is 602. The number of phenols is 1. The highest BCUT2D eigenvalue weighted by molar-refractivity contribution is 6.12. The van der Waals surface area contributed by atoms with Crippen molar-refractivity contribution in [3.63, 3.8) is 0 Å². The van der Waals surface area contributed by atoms with E-state index in [1.165, 1.54) is 29.2 Å². The lowest BCUT2D eigenvalue weighted by atomic mass is 10.1. The van der Waals surface area contributed by atoms with Gasteiger partial charge in [-0.3, -0.25) is 19.3 Å². The van der Waals surface area contributed by atoms with Gasteiger partial charge in [-0.1, -0.05) is 6.07 Å². The molecule has 1 aromatic carbocycles. The quantitative estimate of drug-likeness (QED) is 0.815. The Kier molecular flexibility index (Phi) is 3.56. The van der Waals surface area contributed by atoms with Crippen LogP contribution in [0.5, 0.6) is 5.75 Å². The van der Waals surface area contributed by atoms with Crippen LogP contribution in [-0.2, 0) is 16.1 Å². The molecular weight excluding hydrogens is 260 g/mol. The van der Waals surface area contributed by atoms with Crippen LogP contribution in [0.15, 0.2) is 30.4 Å². The van der Waals surface area contributed by atoms with Crippen LogP contribution < -0.4 is 0 Å². The molecule has 0 aliphatic carbocycles. The lowest BCUT2D eigenvalue weighted by Gasteiger charge is -2.16. The van der Waals surface area contributed by atoms with E-state index in [0.29, 0.717) is 11.1 Å². The lowest BCUT2D eigenvalue weighted by molar-refractivity contribution is -0.137. The SMILES string of the molecule is CN(C)C(=O)c1ccc(CN2C(=O)C=CC2=O)c(O)c1. The fraction of sp³-hybridized carbons (Fsp3) is 0.214. The molecule has 2 rings (SSSR count). The number of imide groups is 1. The third-order valence-corrected chi connectivity index (χ3v) is 2.97. The highest BCUT2D eigenvalue weighted by atomic mass is 16.3. The van der Waals surface area contributed by atoms with Gasteiger partial charge in [0, 0.05) is 37.4 Å². The molecule has 0 radical (unpaired) electrons. The summed E-state index contributed by atoms with van der Waals surface area (Å²) in [5.41, 5.74) is 0.749. The number of hydrogen-bond donors (Lipinski definition) is 1. The number of aromatic hydroxyl groups is 1. The minimum absolute atomic E-state index is 0.0209. The second-order valence-electron chi connectivity index (χ2n) is 4.64. The first-order chi connectivity index (χ1) is 9.40. The van der Waals surface area contributed by atoms with Crippen LogP contribution in [0, 0.1) is 0 Å². The number of amides is 3. The van der Waals surface area contributed by atoms with Gasteiger partial charge in [0.2, 0.25) is 0 Å². The number of carbonyl (C=O) groups is 3. The molecule has 6 nitrogen and oxygen atoms in total. The van der Waals surface area contributed by atoms with E-state index in [2.05, 4.69) is 0 Å². The van der Waals surface area contributed by atoms with Crippen LogP contribution >= 0.6 is 0 Å². The summed E-state index contributed by atoms with van der Waals surface area (Å²) in [4.78, 5) is 37.0. The molecule has 0 saturated heterocycles. The van der Waals surface area contributed by atoms with Crippen LogP contribution in [0.1, 0.15) is 15.9 Å². The van der Waals surface area contributed by atoms with Crippen LogP contribution in [0.2, 0.25) is 0 Å². The molecule has 1 N–H and O–H groups in total. The summed E-state index contributed by atoms with van der Waals surface area (Å²) in [5.74, 6) is -1.18. The van der Waals surface area contributed by atoms with E-state index in [1.807, 2.05) is 0 Å². The summed E-state index contributed by atoms with van der Waals surface area (Å²) in [6.07, 6.45) is 2.37. The second-order valence-corrected chi connectivity index (χ2v) is 4.64. The van der Waals surface area contributed by atoms with E-state index in [4.69, 9.17) is 0 Å². The van der Waals surface area contributed by atoms with Crippen molar-refractivity contribution in [1.82, 2.24) is 9.80 Å². The van der Waals surface area contributed by atoms with Gasteiger partial charge in [-0.05, 0) is 12.1 Å². The maximum Gasteiger partial charge on any atom is 0.253 e. The lowest BCUT2D eigenvalue weighted by Crippen LogP contribution is -2.29. The summed E-state index contributed by atoms with van der Waals surface area (Å²) in [7, 11) is 3.22. The molecule has 0 aromatic heterocycles. The van der Waals surface area contributed by atoms with Crippen molar-refractivity contribution in [3.05, 3.63) is 41.5 Å². The fourth-order valence-corrected chi connectivity index (χ4v) is 1.85. The maximum absolute atomic E-state index is 11.7. The van der Waals surface area contributed by atoms with Crippen molar-refractivity contribution in [1.29, 1.82) is 0 Å². The Morgan fingerprint density at radius 1 is 1.20 bits per heavy atom. The van der Waals surface area contributed by atoms with Gasteiger partial charge in [0.1, 0.15) is 5.75 Å². The number of carbonyl (C=O) groups excluding carboxylic acids is 3. The number of phenolic OH excluding ortho intramolecular Hbond substituents is 1. The van der Waals surface area contributed by atoms with Crippen molar-refractivity contribution >= 4 is 17.7 Å². The first kappa shape index (κ1) is 13.8. The van der Waals surface area contributed by atoms with Gasteiger partial charge in [0.05, 0.1) is 6.54 Å². The molecule has 3 amide bonds. The topological polar surface area (TPSA) is 77.9 Å². The fourth-order valence-electron chi connectivity index (χ4n) is 1.85. The van der Waals surface area contributed by atoms with Gasteiger partial charge in [0.25, 0.3) is 17.7 Å². The van der Waals surface area contributed by atoms with Crippen LogP contribution in [0.25, 0.3) is 0 Å². The van der Waals surface area contributed by atoms with E-state index in [1.54, 1.807) is 20.2 Å². The Morgan fingerprint density at radius 2 is 1.80 bits per heavy atom. The standard InChI is InChI=1S/C14H14N2O4/c1-15(2)14(20)9-3-4-10(11(17)7-9)8-16-12(18)5-6-13(16)19/h3-7,17H,8H2,1-2H3. The van der Waals surface area contributed by atoms with E-state index in [9.17, 15) is 19.5 Å². The summed E-state index contributed by atoms with van der Waals surface area (Å²) >= 11 is 0. The summed E-state index contributed by atoms with van der Waals surface area (Å²) in [6.45, 7) is -0.0209. The largest absolute Gasteiger partial charge is 0.508 e. The van der Waals surface area contributed by atoms with E-state index in [-0.39, 0.29) is 18.2 Å². The molecule has 0 atom stereocenters. The zero-order chi connectivity index (χ0) is 14.9. The van der Waals surface area contributed by atoms with Gasteiger partial charge in [-0.2, -0.15) is 0 Å². The van der Waals surface area contributed by atoms with E-state index >= 15 is 0 Å².